The van der Waals surface area contributed by atoms with Gasteiger partial charge in [0.05, 0.1) is 6.61 Å². The Bertz CT molecular complexity index is 676. The van der Waals surface area contributed by atoms with E-state index in [2.05, 4.69) is 17.9 Å². The van der Waals surface area contributed by atoms with Crippen molar-refractivity contribution >= 4 is 29.4 Å². The molecule has 20 heteroatoms. The normalized spacial score (nSPS) is 23.0. The molecule has 0 saturated heterocycles. The first-order valence-electron chi connectivity index (χ1n) is 5.44. The van der Waals surface area contributed by atoms with Crippen LogP contribution >= 0.6 is 23.5 Å². The summed E-state index contributed by atoms with van der Waals surface area (Å²) in [6, 6.07) is 0. The number of aliphatic hydroxyl groups excluding tert-OH is 3. The number of phosphoric acid groups is 3. The van der Waals surface area contributed by atoms with Crippen LogP contribution in [0, 0.1) is 0 Å². The number of phosphoric ester groups is 1. The molecule has 156 valence electrons. The van der Waals surface area contributed by atoms with Crippen LogP contribution in [0.5, 0.6) is 0 Å². The monoisotopic (exact) mass is 452 g/mol. The summed E-state index contributed by atoms with van der Waals surface area (Å²) >= 11 is 0. The third-order valence-corrected chi connectivity index (χ3v) is 5.82. The molecule has 0 aromatic heterocycles. The van der Waals surface area contributed by atoms with E-state index < -0.39 is 59.8 Å². The summed E-state index contributed by atoms with van der Waals surface area (Å²) in [5, 5.41) is 27.5. The number of cyclic esters (lactones) is 1. The molecule has 1 aliphatic rings. The largest absolute Gasteiger partial charge is 0.536 e. The maximum Gasteiger partial charge on any atom is 0.536 e. The lowest BCUT2D eigenvalue weighted by molar-refractivity contribution is -0.147. The van der Waals surface area contributed by atoms with Crippen molar-refractivity contribution in [2.75, 3.05) is 6.61 Å². The number of aliphatic hydroxyl groups is 3. The average molecular weight is 452 g/mol. The summed E-state index contributed by atoms with van der Waals surface area (Å²) in [5.41, 5.74) is 0. The number of hydrogen-bond donors (Lipinski definition) is 7. The van der Waals surface area contributed by atoms with Crippen LogP contribution in [-0.4, -0.2) is 70.6 Å². The van der Waals surface area contributed by atoms with E-state index >= 15 is 0 Å². The highest BCUT2D eigenvalue weighted by atomic mass is 31.3. The molecule has 0 aliphatic carbocycles. The predicted molar refractivity (Wildman–Crippen MR) is 74.8 cm³/mol. The highest BCUT2D eigenvalue weighted by molar-refractivity contribution is 7.66. The number of ether oxygens (including phenoxy) is 1. The zero-order valence-corrected chi connectivity index (χ0v) is 14.8. The fourth-order valence-electron chi connectivity index (χ4n) is 1.31. The summed E-state index contributed by atoms with van der Waals surface area (Å²) in [6.45, 7) is -0.982. The van der Waals surface area contributed by atoms with E-state index in [9.17, 15) is 33.6 Å². The molecule has 26 heavy (non-hydrogen) atoms. The molecule has 2 unspecified atom stereocenters. The zero-order valence-electron chi connectivity index (χ0n) is 12.1. The third-order valence-electron chi connectivity index (χ3n) is 2.08. The number of hydrogen-bond acceptors (Lipinski definition) is 11. The molecule has 0 radical (unpaired) electrons. The highest BCUT2D eigenvalue weighted by Gasteiger charge is 2.47. The first-order valence-corrected chi connectivity index (χ1v) is 9.96. The Kier molecular flexibility index (Phi) is 9.82. The van der Waals surface area contributed by atoms with E-state index in [-0.39, 0.29) is 11.0 Å². The van der Waals surface area contributed by atoms with Gasteiger partial charge >= 0.3 is 29.4 Å². The molecule has 11 N–H and O–H groups in total. The van der Waals surface area contributed by atoms with Crippen molar-refractivity contribution in [2.24, 2.45) is 0 Å². The minimum Gasteiger partial charge on any atom is -0.505 e. The van der Waals surface area contributed by atoms with Crippen molar-refractivity contribution in [3.05, 3.63) is 11.5 Å². The van der Waals surface area contributed by atoms with Gasteiger partial charge in [-0.15, -0.1) is 0 Å². The lowest BCUT2D eigenvalue weighted by Gasteiger charge is -2.16. The van der Waals surface area contributed by atoms with Crippen LogP contribution < -0.4 is 0 Å². The van der Waals surface area contributed by atoms with E-state index in [0.29, 0.717) is 0 Å². The van der Waals surface area contributed by atoms with Gasteiger partial charge in [0, 0.05) is 0 Å². The molecule has 0 amide bonds. The molecule has 0 fully saturated rings. The molecule has 0 aromatic rings. The summed E-state index contributed by atoms with van der Waals surface area (Å²) < 4.78 is 48.1. The zero-order chi connectivity index (χ0) is 18.9. The summed E-state index contributed by atoms with van der Waals surface area (Å²) in [6.07, 6.45) is -3.68. The van der Waals surface area contributed by atoms with Crippen molar-refractivity contribution in [1.29, 1.82) is 0 Å². The minimum absolute atomic E-state index is 0. The third kappa shape index (κ3) is 7.77. The molecule has 17 nitrogen and oxygen atoms in total. The van der Waals surface area contributed by atoms with Crippen LogP contribution in [0.1, 0.15) is 0 Å². The van der Waals surface area contributed by atoms with E-state index in [0.717, 1.165) is 0 Å². The molecule has 1 rings (SSSR count). The van der Waals surface area contributed by atoms with Gasteiger partial charge in [0.25, 0.3) is 5.76 Å². The van der Waals surface area contributed by atoms with Gasteiger partial charge in [-0.3, -0.25) is 4.89 Å². The van der Waals surface area contributed by atoms with Gasteiger partial charge in [-0.25, -0.2) is 18.5 Å². The molecule has 0 aromatic carbocycles. The van der Waals surface area contributed by atoms with Gasteiger partial charge in [0.1, 0.15) is 6.10 Å². The van der Waals surface area contributed by atoms with Crippen molar-refractivity contribution in [3.63, 3.8) is 0 Å². The SMILES string of the molecule is O.O.O=C1O[C@H]([C@@H](O)CO)C(O)=C1OP(=O)(O)OP(=O)(O)OP(=O)(O)O. The second kappa shape index (κ2) is 9.34. The van der Waals surface area contributed by atoms with Gasteiger partial charge in [0.15, 0.2) is 11.9 Å². The predicted octanol–water partition coefficient (Wildman–Crippen LogP) is -3.27. The van der Waals surface area contributed by atoms with Crippen molar-refractivity contribution in [2.45, 2.75) is 12.2 Å². The molecule has 0 saturated carbocycles. The maximum absolute atomic E-state index is 11.5. The number of esters is 1. The Morgan fingerprint density at radius 2 is 1.54 bits per heavy atom. The van der Waals surface area contributed by atoms with E-state index in [1.165, 1.54) is 0 Å². The number of carbonyl (C=O) groups excluding carboxylic acids is 1. The van der Waals surface area contributed by atoms with Crippen molar-refractivity contribution in [3.8, 4) is 0 Å². The van der Waals surface area contributed by atoms with Crippen molar-refractivity contribution < 1.29 is 82.2 Å². The molecule has 4 atom stereocenters. The van der Waals surface area contributed by atoms with Crippen LogP contribution in [0.3, 0.4) is 0 Å². The fourth-order valence-corrected chi connectivity index (χ4v) is 4.35. The Hall–Kier alpha value is -0.900. The van der Waals surface area contributed by atoms with Gasteiger partial charge in [-0.1, -0.05) is 0 Å². The van der Waals surface area contributed by atoms with Crippen LogP contribution in [0.15, 0.2) is 11.5 Å². The smallest absolute Gasteiger partial charge is 0.505 e. The Labute approximate surface area is 143 Å². The molecular formula is C6H15O17P3. The molecule has 0 bridgehead atoms. The topological polar surface area (TPSA) is 310 Å². The van der Waals surface area contributed by atoms with Gasteiger partial charge in [0.2, 0.25) is 0 Å². The Morgan fingerprint density at radius 1 is 1.04 bits per heavy atom. The van der Waals surface area contributed by atoms with Crippen LogP contribution in [0.2, 0.25) is 0 Å². The first-order chi connectivity index (χ1) is 10.7. The summed E-state index contributed by atoms with van der Waals surface area (Å²) in [4.78, 5) is 46.1. The van der Waals surface area contributed by atoms with Crippen LogP contribution in [0.4, 0.5) is 0 Å². The summed E-state index contributed by atoms with van der Waals surface area (Å²) in [5.74, 6) is -4.26. The van der Waals surface area contributed by atoms with Gasteiger partial charge in [-0.2, -0.15) is 8.62 Å². The minimum atomic E-state index is -5.82. The van der Waals surface area contributed by atoms with E-state index in [1.807, 2.05) is 0 Å². The second-order valence-electron chi connectivity index (χ2n) is 3.97. The number of rotatable bonds is 8. The average Bonchev–Trinajstić information content (AvgIpc) is 2.61. The van der Waals surface area contributed by atoms with Gasteiger partial charge in [-0.05, 0) is 0 Å². The molecular weight excluding hydrogens is 437 g/mol. The molecule has 0 spiro atoms. The summed E-state index contributed by atoms with van der Waals surface area (Å²) in [7, 11) is -17.2. The quantitative estimate of drug-likeness (QED) is 0.140. The Balaban J connectivity index is 0. The standard InChI is InChI=1S/C6H11O15P3.2H2O/c7-1-2(8)4-3(9)5(6(10)18-4)19-23(14,15)21-24(16,17)20-22(11,12)13;;/h2,4,7-9H,1H2,(H,14,15)(H,16,17)(H2,11,12,13);2*1H2/t2-,4+;;/m0../s1. The fraction of sp³-hybridized carbons (Fsp3) is 0.500. The van der Waals surface area contributed by atoms with E-state index in [4.69, 9.17) is 19.8 Å². The van der Waals surface area contributed by atoms with Crippen molar-refractivity contribution in [1.82, 2.24) is 0 Å². The first kappa shape index (κ1) is 27.3. The molecule has 1 heterocycles. The van der Waals surface area contributed by atoms with E-state index in [1.54, 1.807) is 0 Å². The molecule has 1 aliphatic heterocycles. The highest BCUT2D eigenvalue weighted by Crippen LogP contribution is 2.67. The van der Waals surface area contributed by atoms with Gasteiger partial charge < -0.3 is 50.2 Å². The second-order valence-corrected chi connectivity index (χ2v) is 8.32. The maximum atomic E-state index is 11.5. The Morgan fingerprint density at radius 3 is 1.96 bits per heavy atom. The number of carbonyl (C=O) groups is 1. The lowest BCUT2D eigenvalue weighted by atomic mass is 10.2. The lowest BCUT2D eigenvalue weighted by Crippen LogP contribution is -2.31. The van der Waals surface area contributed by atoms with Crippen LogP contribution in [-0.2, 0) is 36.4 Å². The van der Waals surface area contributed by atoms with Crippen LogP contribution in [0.25, 0.3) is 0 Å².